The average molecular weight is 237 g/mol. The quantitative estimate of drug-likeness (QED) is 0.429. The van der Waals surface area contributed by atoms with E-state index < -0.39 is 17.6 Å². The second-order valence-corrected chi connectivity index (χ2v) is 3.73. The molecule has 0 fully saturated rings. The number of carbonyl (C=O) groups excluding carboxylic acids is 1. The molecule has 1 N–H and O–H groups in total. The topological polar surface area (TPSA) is 50.1 Å². The van der Waals surface area contributed by atoms with Crippen molar-refractivity contribution in [1.82, 2.24) is 0 Å². The number of hydrogen-bond acceptors (Lipinski definition) is 2. The van der Waals surface area contributed by atoms with Crippen LogP contribution in [0.5, 0.6) is 0 Å². The normalized spacial score (nSPS) is 13.0. The smallest absolute Gasteiger partial charge is 0.665 e. The minimum absolute atomic E-state index is 0. The number of ether oxygens (including phenoxy) is 1. The molecule has 0 aliphatic rings. The molecule has 0 aromatic rings. The van der Waals surface area contributed by atoms with Crippen molar-refractivity contribution in [3.8, 4) is 0 Å². The summed E-state index contributed by atoms with van der Waals surface area (Å²) in [7, 11) is 0. The Hall–Kier alpha value is 0.0534. The summed E-state index contributed by atoms with van der Waals surface area (Å²) < 4.78 is 5.00. The van der Waals surface area contributed by atoms with Crippen molar-refractivity contribution in [2.75, 3.05) is 0 Å². The summed E-state index contributed by atoms with van der Waals surface area (Å²) in [5.74, 6) is -0.453. The third-order valence-electron chi connectivity index (χ3n) is 1.18. The zero-order chi connectivity index (χ0) is 9.78. The molecule has 0 rings (SSSR count). The van der Waals surface area contributed by atoms with Gasteiger partial charge >= 0.3 is 19.5 Å². The summed E-state index contributed by atoms with van der Waals surface area (Å²) in [5, 5.41) is 0. The minimum Gasteiger partial charge on any atom is -0.665 e. The SMILES string of the molecule is [CH2-]CC[C@H]([NH-])C(=O)OC(C)(C)C.[Zn+2]. The molecule has 0 saturated carbocycles. The van der Waals surface area contributed by atoms with E-state index in [0.717, 1.165) is 0 Å². The molecule has 0 aromatic carbocycles. The van der Waals surface area contributed by atoms with Gasteiger partial charge in [0.25, 0.3) is 5.97 Å². The van der Waals surface area contributed by atoms with Crippen LogP contribution in [0.1, 0.15) is 33.6 Å². The molecular formula is C9H17NO2Zn. The zero-order valence-electron chi connectivity index (χ0n) is 8.72. The van der Waals surface area contributed by atoms with Crippen LogP contribution in [-0.2, 0) is 29.0 Å². The Morgan fingerprint density at radius 3 is 2.31 bits per heavy atom. The van der Waals surface area contributed by atoms with Gasteiger partial charge in [0, 0.05) is 0 Å². The van der Waals surface area contributed by atoms with E-state index in [-0.39, 0.29) is 19.5 Å². The fourth-order valence-corrected chi connectivity index (χ4v) is 0.695. The van der Waals surface area contributed by atoms with E-state index in [1.54, 1.807) is 20.8 Å². The van der Waals surface area contributed by atoms with Gasteiger partial charge in [-0.05, 0) is 26.8 Å². The fraction of sp³-hybridized carbons (Fsp3) is 0.778. The van der Waals surface area contributed by atoms with E-state index in [4.69, 9.17) is 10.5 Å². The summed E-state index contributed by atoms with van der Waals surface area (Å²) in [4.78, 5) is 11.1. The van der Waals surface area contributed by atoms with Crippen molar-refractivity contribution in [1.29, 1.82) is 0 Å². The maximum absolute atomic E-state index is 11.1. The number of rotatable bonds is 3. The Morgan fingerprint density at radius 2 is 2.00 bits per heavy atom. The Morgan fingerprint density at radius 1 is 1.54 bits per heavy atom. The van der Waals surface area contributed by atoms with E-state index >= 15 is 0 Å². The van der Waals surface area contributed by atoms with Crippen LogP contribution < -0.4 is 0 Å². The second-order valence-electron chi connectivity index (χ2n) is 3.73. The van der Waals surface area contributed by atoms with Gasteiger partial charge < -0.3 is 17.4 Å². The minimum atomic E-state index is -0.776. The first-order chi connectivity index (χ1) is 5.37. The van der Waals surface area contributed by atoms with Gasteiger partial charge in [-0.25, -0.2) is 0 Å². The average Bonchev–Trinajstić information content (AvgIpc) is 1.84. The van der Waals surface area contributed by atoms with Gasteiger partial charge in [0.15, 0.2) is 0 Å². The van der Waals surface area contributed by atoms with E-state index in [1.807, 2.05) is 0 Å². The van der Waals surface area contributed by atoms with Crippen molar-refractivity contribution in [2.45, 2.75) is 45.3 Å². The monoisotopic (exact) mass is 235 g/mol. The molecule has 0 radical (unpaired) electrons. The molecule has 72 valence electrons. The molecule has 0 amide bonds. The molecule has 0 heterocycles. The number of nitrogens with one attached hydrogen (secondary N) is 1. The van der Waals surface area contributed by atoms with Gasteiger partial charge in [-0.15, -0.1) is 0 Å². The molecule has 0 aliphatic carbocycles. The first kappa shape index (κ1) is 15.5. The largest absolute Gasteiger partial charge is 2.00 e. The molecule has 0 saturated heterocycles. The van der Waals surface area contributed by atoms with Gasteiger partial charge in [-0.3, -0.25) is 4.79 Å². The molecule has 0 spiro atoms. The van der Waals surface area contributed by atoms with Crippen molar-refractivity contribution >= 4 is 5.97 Å². The van der Waals surface area contributed by atoms with Crippen LogP contribution in [0.2, 0.25) is 0 Å². The van der Waals surface area contributed by atoms with Gasteiger partial charge in [-0.1, -0.05) is 6.42 Å². The number of hydrogen-bond donors (Lipinski definition) is 0. The fourth-order valence-electron chi connectivity index (χ4n) is 0.695. The van der Waals surface area contributed by atoms with E-state index in [1.165, 1.54) is 0 Å². The van der Waals surface area contributed by atoms with Crippen molar-refractivity contribution in [3.05, 3.63) is 12.7 Å². The molecule has 1 atom stereocenters. The van der Waals surface area contributed by atoms with Crippen LogP contribution in [0.3, 0.4) is 0 Å². The predicted octanol–water partition coefficient (Wildman–Crippen LogP) is 2.36. The van der Waals surface area contributed by atoms with Crippen molar-refractivity contribution in [2.24, 2.45) is 0 Å². The Kier molecular flexibility index (Phi) is 7.76. The third-order valence-corrected chi connectivity index (χ3v) is 1.18. The first-order valence-electron chi connectivity index (χ1n) is 4.10. The maximum atomic E-state index is 11.1. The molecule has 0 aliphatic heterocycles. The zero-order valence-corrected chi connectivity index (χ0v) is 11.7. The van der Waals surface area contributed by atoms with Crippen LogP contribution in [-0.4, -0.2) is 17.6 Å². The van der Waals surface area contributed by atoms with Crippen molar-refractivity contribution < 1.29 is 29.0 Å². The summed E-state index contributed by atoms with van der Waals surface area (Å²) >= 11 is 0. The van der Waals surface area contributed by atoms with Crippen LogP contribution in [0.4, 0.5) is 0 Å². The third kappa shape index (κ3) is 8.39. The van der Waals surface area contributed by atoms with Gasteiger partial charge in [-0.2, -0.15) is 6.42 Å². The summed E-state index contributed by atoms with van der Waals surface area (Å²) in [6, 6.07) is -0.776. The van der Waals surface area contributed by atoms with Gasteiger partial charge in [0.2, 0.25) is 0 Å². The van der Waals surface area contributed by atoms with E-state index in [0.29, 0.717) is 12.8 Å². The molecule has 0 unspecified atom stereocenters. The van der Waals surface area contributed by atoms with Crippen LogP contribution in [0, 0.1) is 6.92 Å². The molecule has 4 heteroatoms. The van der Waals surface area contributed by atoms with E-state index in [9.17, 15) is 4.79 Å². The van der Waals surface area contributed by atoms with Crippen LogP contribution in [0.15, 0.2) is 0 Å². The molecule has 13 heavy (non-hydrogen) atoms. The van der Waals surface area contributed by atoms with Crippen LogP contribution >= 0.6 is 0 Å². The van der Waals surface area contributed by atoms with Crippen molar-refractivity contribution in [3.63, 3.8) is 0 Å². The first-order valence-corrected chi connectivity index (χ1v) is 4.10. The maximum Gasteiger partial charge on any atom is 2.00 e. The number of carbonyl (C=O) groups is 1. The molecule has 0 bridgehead atoms. The second kappa shape index (κ2) is 6.50. The Balaban J connectivity index is 0. The van der Waals surface area contributed by atoms with E-state index in [2.05, 4.69) is 6.92 Å². The molecule has 0 aromatic heterocycles. The Labute approximate surface area is 93.2 Å². The molecule has 3 nitrogen and oxygen atoms in total. The number of esters is 1. The van der Waals surface area contributed by atoms with Gasteiger partial charge in [0.05, 0.1) is 0 Å². The summed E-state index contributed by atoms with van der Waals surface area (Å²) in [5.41, 5.74) is 6.85. The van der Waals surface area contributed by atoms with Gasteiger partial charge in [0.1, 0.15) is 5.60 Å². The Bertz CT molecular complexity index is 154. The predicted molar refractivity (Wildman–Crippen MR) is 48.5 cm³/mol. The summed E-state index contributed by atoms with van der Waals surface area (Å²) in [6.07, 6.45) is 1.06. The summed E-state index contributed by atoms with van der Waals surface area (Å²) in [6.45, 7) is 8.96. The molecular weight excluding hydrogens is 219 g/mol. The standard InChI is InChI=1S/C9H17NO2.Zn/c1-5-6-7(10)8(11)12-9(2,3)4;/h7,10H,1,5-6H2,2-4H3;/q-2;+2/t7-;/m0./s1. The van der Waals surface area contributed by atoms with Crippen LogP contribution in [0.25, 0.3) is 5.73 Å².